The first-order chi connectivity index (χ1) is 7.78. The molecule has 0 spiro atoms. The van der Waals surface area contributed by atoms with E-state index < -0.39 is 0 Å². The van der Waals surface area contributed by atoms with Gasteiger partial charge in [-0.2, -0.15) is 0 Å². The van der Waals surface area contributed by atoms with E-state index in [1.807, 2.05) is 30.3 Å². The van der Waals surface area contributed by atoms with E-state index in [0.29, 0.717) is 16.8 Å². The van der Waals surface area contributed by atoms with Gasteiger partial charge in [-0.05, 0) is 23.8 Å². The van der Waals surface area contributed by atoms with Crippen molar-refractivity contribution in [2.75, 3.05) is 0 Å². The lowest BCUT2D eigenvalue weighted by Crippen LogP contribution is -1.74. The van der Waals surface area contributed by atoms with Gasteiger partial charge in [0, 0.05) is 11.1 Å². The van der Waals surface area contributed by atoms with Gasteiger partial charge >= 0.3 is 0 Å². The minimum absolute atomic E-state index is 0.224. The molecule has 0 aliphatic rings. The minimum Gasteiger partial charge on any atom is -0.420 e. The van der Waals surface area contributed by atoms with Crippen LogP contribution < -0.4 is 0 Å². The molecule has 0 bridgehead atoms. The Morgan fingerprint density at radius 1 is 1.12 bits per heavy atom. The molecule has 0 aliphatic carbocycles. The maximum absolute atomic E-state index is 5.77. The quantitative estimate of drug-likeness (QED) is 0.786. The van der Waals surface area contributed by atoms with Gasteiger partial charge in [0.05, 0.1) is 0 Å². The van der Waals surface area contributed by atoms with Crippen LogP contribution in [0.4, 0.5) is 0 Å². The van der Waals surface area contributed by atoms with Gasteiger partial charge in [0.1, 0.15) is 5.88 Å². The van der Waals surface area contributed by atoms with Gasteiger partial charge in [-0.3, -0.25) is 0 Å². The SMILES string of the molecule is ClCc1nnc(/C=C/c2ccc(Cl)cc2)o1. The highest BCUT2D eigenvalue weighted by Gasteiger charge is 2.00. The van der Waals surface area contributed by atoms with Crippen molar-refractivity contribution in [3.05, 3.63) is 46.6 Å². The van der Waals surface area contributed by atoms with E-state index in [1.165, 1.54) is 0 Å². The normalized spacial score (nSPS) is 11.1. The smallest absolute Gasteiger partial charge is 0.240 e. The zero-order valence-corrected chi connectivity index (χ0v) is 9.74. The number of hydrogen-bond acceptors (Lipinski definition) is 3. The maximum atomic E-state index is 5.77. The molecular weight excluding hydrogens is 247 g/mol. The van der Waals surface area contributed by atoms with E-state index in [9.17, 15) is 0 Å². The molecule has 0 aliphatic heterocycles. The predicted octanol–water partition coefficient (Wildman–Crippen LogP) is 3.63. The average Bonchev–Trinajstić information content (AvgIpc) is 2.76. The van der Waals surface area contributed by atoms with E-state index in [-0.39, 0.29) is 5.88 Å². The lowest BCUT2D eigenvalue weighted by molar-refractivity contribution is 0.505. The van der Waals surface area contributed by atoms with Crippen LogP contribution in [0.25, 0.3) is 12.2 Å². The Balaban J connectivity index is 2.11. The van der Waals surface area contributed by atoms with Gasteiger partial charge in [0.15, 0.2) is 0 Å². The third-order valence-electron chi connectivity index (χ3n) is 1.89. The van der Waals surface area contributed by atoms with E-state index in [2.05, 4.69) is 10.2 Å². The fourth-order valence-corrected chi connectivity index (χ4v) is 1.36. The Labute approximate surface area is 103 Å². The molecule has 0 atom stereocenters. The topological polar surface area (TPSA) is 38.9 Å². The molecule has 3 nitrogen and oxygen atoms in total. The van der Waals surface area contributed by atoms with Crippen LogP contribution in [0.2, 0.25) is 5.02 Å². The standard InChI is InChI=1S/C11H8Cl2N2O/c12-7-11-15-14-10(16-11)6-3-8-1-4-9(13)5-2-8/h1-6H,7H2/b6-3+. The number of nitrogens with zero attached hydrogens (tertiary/aromatic N) is 2. The van der Waals surface area contributed by atoms with Crippen LogP contribution >= 0.6 is 23.2 Å². The van der Waals surface area contributed by atoms with Crippen molar-refractivity contribution in [3.8, 4) is 0 Å². The first-order valence-electron chi connectivity index (χ1n) is 4.60. The van der Waals surface area contributed by atoms with Crippen LogP contribution in [-0.2, 0) is 5.88 Å². The highest BCUT2D eigenvalue weighted by Crippen LogP contribution is 2.12. The Kier molecular flexibility index (Phi) is 3.59. The molecule has 1 aromatic heterocycles. The molecule has 2 rings (SSSR count). The van der Waals surface area contributed by atoms with Gasteiger partial charge in [-0.25, -0.2) is 0 Å². The van der Waals surface area contributed by atoms with Gasteiger partial charge in [-0.1, -0.05) is 23.7 Å². The Hall–Kier alpha value is -1.32. The molecule has 0 unspecified atom stereocenters. The third-order valence-corrected chi connectivity index (χ3v) is 2.37. The van der Waals surface area contributed by atoms with Crippen LogP contribution in [0.15, 0.2) is 28.7 Å². The van der Waals surface area contributed by atoms with Crippen LogP contribution in [0.5, 0.6) is 0 Å². The van der Waals surface area contributed by atoms with E-state index >= 15 is 0 Å². The summed E-state index contributed by atoms with van der Waals surface area (Å²) in [6.07, 6.45) is 3.59. The molecular formula is C11H8Cl2N2O. The second-order valence-corrected chi connectivity index (χ2v) is 3.76. The monoisotopic (exact) mass is 254 g/mol. The van der Waals surface area contributed by atoms with Crippen molar-refractivity contribution in [1.29, 1.82) is 0 Å². The molecule has 16 heavy (non-hydrogen) atoms. The summed E-state index contributed by atoms with van der Waals surface area (Å²) in [5, 5.41) is 8.25. The predicted molar refractivity (Wildman–Crippen MR) is 64.2 cm³/mol. The van der Waals surface area contributed by atoms with Crippen LogP contribution in [0.3, 0.4) is 0 Å². The summed E-state index contributed by atoms with van der Waals surface area (Å²) in [5.74, 6) is 1.07. The summed E-state index contributed by atoms with van der Waals surface area (Å²) in [5.41, 5.74) is 1.01. The summed E-state index contributed by atoms with van der Waals surface area (Å²) >= 11 is 11.3. The van der Waals surface area contributed by atoms with E-state index in [1.54, 1.807) is 6.08 Å². The molecule has 0 saturated heterocycles. The van der Waals surface area contributed by atoms with Crippen molar-refractivity contribution in [1.82, 2.24) is 10.2 Å². The third kappa shape index (κ3) is 2.84. The molecule has 2 aromatic rings. The number of hydrogen-bond donors (Lipinski definition) is 0. The number of aromatic nitrogens is 2. The Bertz CT molecular complexity index is 491. The summed E-state index contributed by atoms with van der Waals surface area (Å²) in [6.45, 7) is 0. The summed E-state index contributed by atoms with van der Waals surface area (Å²) in [4.78, 5) is 0. The molecule has 0 N–H and O–H groups in total. The van der Waals surface area contributed by atoms with Crippen molar-refractivity contribution in [3.63, 3.8) is 0 Å². The molecule has 1 aromatic carbocycles. The summed E-state index contributed by atoms with van der Waals surface area (Å²) in [6, 6.07) is 7.44. The summed E-state index contributed by atoms with van der Waals surface area (Å²) < 4.78 is 5.21. The van der Waals surface area contributed by atoms with Crippen LogP contribution in [-0.4, -0.2) is 10.2 Å². The highest BCUT2D eigenvalue weighted by molar-refractivity contribution is 6.30. The van der Waals surface area contributed by atoms with Gasteiger partial charge < -0.3 is 4.42 Å². The van der Waals surface area contributed by atoms with Gasteiger partial charge in [0.2, 0.25) is 11.8 Å². The van der Waals surface area contributed by atoms with E-state index in [0.717, 1.165) is 5.56 Å². The molecule has 0 fully saturated rings. The second-order valence-electron chi connectivity index (χ2n) is 3.05. The second kappa shape index (κ2) is 5.14. The lowest BCUT2D eigenvalue weighted by Gasteiger charge is -1.91. The first kappa shape index (κ1) is 11.2. The largest absolute Gasteiger partial charge is 0.420 e. The number of alkyl halides is 1. The maximum Gasteiger partial charge on any atom is 0.240 e. The molecule has 0 radical (unpaired) electrons. The van der Waals surface area contributed by atoms with Crippen LogP contribution in [0.1, 0.15) is 17.3 Å². The van der Waals surface area contributed by atoms with Crippen molar-refractivity contribution >= 4 is 35.4 Å². The zero-order valence-electron chi connectivity index (χ0n) is 8.23. The van der Waals surface area contributed by atoms with Crippen molar-refractivity contribution in [2.24, 2.45) is 0 Å². The number of benzene rings is 1. The number of halogens is 2. The molecule has 82 valence electrons. The van der Waals surface area contributed by atoms with Gasteiger partial charge in [0.25, 0.3) is 0 Å². The fourth-order valence-electron chi connectivity index (χ4n) is 1.13. The average molecular weight is 255 g/mol. The highest BCUT2D eigenvalue weighted by atomic mass is 35.5. The van der Waals surface area contributed by atoms with Gasteiger partial charge in [-0.15, -0.1) is 21.8 Å². The van der Waals surface area contributed by atoms with Crippen molar-refractivity contribution in [2.45, 2.75) is 5.88 Å². The fraction of sp³-hybridized carbons (Fsp3) is 0.0909. The van der Waals surface area contributed by atoms with E-state index in [4.69, 9.17) is 27.6 Å². The Morgan fingerprint density at radius 2 is 1.88 bits per heavy atom. The number of rotatable bonds is 3. The molecule has 0 saturated carbocycles. The summed E-state index contributed by atoms with van der Waals surface area (Å²) in [7, 11) is 0. The molecule has 0 amide bonds. The Morgan fingerprint density at radius 3 is 2.50 bits per heavy atom. The molecule has 1 heterocycles. The minimum atomic E-state index is 0.224. The van der Waals surface area contributed by atoms with Crippen molar-refractivity contribution < 1.29 is 4.42 Å². The van der Waals surface area contributed by atoms with Crippen LogP contribution in [0, 0.1) is 0 Å². The first-order valence-corrected chi connectivity index (χ1v) is 5.51. The zero-order chi connectivity index (χ0) is 11.4. The lowest BCUT2D eigenvalue weighted by atomic mass is 10.2. The molecule has 5 heteroatoms.